The second kappa shape index (κ2) is 5.97. The Morgan fingerprint density at radius 3 is 3.00 bits per heavy atom. The predicted octanol–water partition coefficient (Wildman–Crippen LogP) is 3.77. The van der Waals surface area contributed by atoms with Crippen molar-refractivity contribution in [1.82, 2.24) is 5.43 Å². The van der Waals surface area contributed by atoms with Crippen molar-refractivity contribution in [3.8, 4) is 0 Å². The van der Waals surface area contributed by atoms with Gasteiger partial charge in [0.25, 0.3) is 5.91 Å². The number of hydrogen-bond acceptors (Lipinski definition) is 3. The normalized spacial score (nSPS) is 21.1. The first kappa shape index (κ1) is 13.7. The van der Waals surface area contributed by atoms with Crippen LogP contribution in [0.4, 0.5) is 0 Å². The van der Waals surface area contributed by atoms with Crippen LogP contribution in [0.5, 0.6) is 0 Å². The molecule has 1 N–H and O–H groups in total. The first-order valence-corrected chi connectivity index (χ1v) is 7.19. The SMILES string of the molecule is C=C(C)[C@H]1CC=C(C)C(=NNC(=O)c2cccs2)C1. The van der Waals surface area contributed by atoms with Crippen LogP contribution in [0.25, 0.3) is 0 Å². The van der Waals surface area contributed by atoms with E-state index in [0.717, 1.165) is 24.1 Å². The minimum Gasteiger partial charge on any atom is -0.266 e. The fourth-order valence-corrected chi connectivity index (χ4v) is 2.62. The summed E-state index contributed by atoms with van der Waals surface area (Å²) in [5.41, 5.74) is 5.89. The van der Waals surface area contributed by atoms with Crippen molar-refractivity contribution in [2.24, 2.45) is 11.0 Å². The van der Waals surface area contributed by atoms with E-state index in [-0.39, 0.29) is 5.91 Å². The van der Waals surface area contributed by atoms with E-state index in [0.29, 0.717) is 10.8 Å². The van der Waals surface area contributed by atoms with Gasteiger partial charge in [-0.1, -0.05) is 24.3 Å². The molecule has 0 saturated carbocycles. The Bertz CT molecular complexity index is 541. The highest BCUT2D eigenvalue weighted by Gasteiger charge is 2.18. The first-order valence-electron chi connectivity index (χ1n) is 6.31. The number of thiophene rings is 1. The third-order valence-corrected chi connectivity index (χ3v) is 4.21. The molecule has 2 rings (SSSR count). The van der Waals surface area contributed by atoms with E-state index in [4.69, 9.17) is 0 Å². The smallest absolute Gasteiger partial charge is 0.266 e. The number of hydrazone groups is 1. The molecule has 0 fully saturated rings. The minimum atomic E-state index is -0.146. The van der Waals surface area contributed by atoms with Gasteiger partial charge in [-0.05, 0) is 49.6 Å². The zero-order valence-electron chi connectivity index (χ0n) is 11.3. The lowest BCUT2D eigenvalue weighted by Crippen LogP contribution is -2.22. The number of hydrogen-bond donors (Lipinski definition) is 1. The number of allylic oxidation sites excluding steroid dienone is 3. The summed E-state index contributed by atoms with van der Waals surface area (Å²) in [6, 6.07) is 3.65. The largest absolute Gasteiger partial charge is 0.281 e. The lowest BCUT2D eigenvalue weighted by Gasteiger charge is -2.22. The van der Waals surface area contributed by atoms with Gasteiger partial charge in [0.05, 0.1) is 10.6 Å². The highest BCUT2D eigenvalue weighted by molar-refractivity contribution is 7.12. The van der Waals surface area contributed by atoms with Crippen LogP contribution < -0.4 is 5.43 Å². The van der Waals surface area contributed by atoms with Crippen molar-refractivity contribution in [3.63, 3.8) is 0 Å². The van der Waals surface area contributed by atoms with Gasteiger partial charge in [0.2, 0.25) is 0 Å². The first-order chi connectivity index (χ1) is 9.08. The van der Waals surface area contributed by atoms with Crippen LogP contribution in [0.15, 0.2) is 46.4 Å². The van der Waals surface area contributed by atoms with Gasteiger partial charge < -0.3 is 0 Å². The minimum absolute atomic E-state index is 0.146. The van der Waals surface area contributed by atoms with Gasteiger partial charge in [-0.15, -0.1) is 11.3 Å². The number of carbonyl (C=O) groups is 1. The fraction of sp³-hybridized carbons (Fsp3) is 0.333. The monoisotopic (exact) mass is 274 g/mol. The molecule has 1 aliphatic rings. The zero-order chi connectivity index (χ0) is 13.8. The van der Waals surface area contributed by atoms with Gasteiger partial charge in [0.15, 0.2) is 0 Å². The molecule has 19 heavy (non-hydrogen) atoms. The topological polar surface area (TPSA) is 41.5 Å². The molecule has 0 aliphatic heterocycles. The molecule has 0 saturated heterocycles. The van der Waals surface area contributed by atoms with Gasteiger partial charge >= 0.3 is 0 Å². The Morgan fingerprint density at radius 1 is 1.58 bits per heavy atom. The predicted molar refractivity (Wildman–Crippen MR) is 80.5 cm³/mol. The van der Waals surface area contributed by atoms with Crippen LogP contribution in [0.3, 0.4) is 0 Å². The maximum Gasteiger partial charge on any atom is 0.281 e. The van der Waals surface area contributed by atoms with Gasteiger partial charge in [-0.3, -0.25) is 4.79 Å². The maximum atomic E-state index is 11.8. The van der Waals surface area contributed by atoms with E-state index in [1.807, 2.05) is 25.3 Å². The molecule has 1 aromatic heterocycles. The van der Waals surface area contributed by atoms with Gasteiger partial charge in [0, 0.05) is 0 Å². The molecule has 1 amide bonds. The van der Waals surface area contributed by atoms with Gasteiger partial charge in [-0.2, -0.15) is 5.10 Å². The van der Waals surface area contributed by atoms with Crippen LogP contribution in [0.2, 0.25) is 0 Å². The summed E-state index contributed by atoms with van der Waals surface area (Å²) in [7, 11) is 0. The van der Waals surface area contributed by atoms with Crippen LogP contribution in [0, 0.1) is 5.92 Å². The molecular weight excluding hydrogens is 256 g/mol. The summed E-state index contributed by atoms with van der Waals surface area (Å²) in [4.78, 5) is 12.5. The van der Waals surface area contributed by atoms with Crippen molar-refractivity contribution >= 4 is 23.0 Å². The lowest BCUT2D eigenvalue weighted by molar-refractivity contribution is 0.0959. The fourth-order valence-electron chi connectivity index (χ4n) is 2.00. The number of nitrogens with one attached hydrogen (secondary N) is 1. The molecule has 0 aromatic carbocycles. The Labute approximate surface area is 117 Å². The second-order valence-electron chi connectivity index (χ2n) is 4.85. The maximum absolute atomic E-state index is 11.8. The standard InChI is InChI=1S/C15H18N2OS/c1-10(2)12-7-6-11(3)13(9-12)16-17-15(18)14-5-4-8-19-14/h4-6,8,12H,1,7,9H2,2-3H3,(H,17,18)/t12-/m0/s1. The average Bonchev–Trinajstić information content (AvgIpc) is 2.91. The van der Waals surface area contributed by atoms with Crippen molar-refractivity contribution < 1.29 is 4.79 Å². The summed E-state index contributed by atoms with van der Waals surface area (Å²) in [6.07, 6.45) is 4.03. The molecular formula is C15H18N2OS. The zero-order valence-corrected chi connectivity index (χ0v) is 12.1. The van der Waals surface area contributed by atoms with Crippen LogP contribution in [-0.2, 0) is 0 Å². The van der Waals surface area contributed by atoms with Crippen LogP contribution in [0.1, 0.15) is 36.4 Å². The van der Waals surface area contributed by atoms with Crippen molar-refractivity contribution in [3.05, 3.63) is 46.2 Å². The number of amides is 1. The van der Waals surface area contributed by atoms with E-state index < -0.39 is 0 Å². The Morgan fingerprint density at radius 2 is 2.37 bits per heavy atom. The van der Waals surface area contributed by atoms with Crippen molar-refractivity contribution in [1.29, 1.82) is 0 Å². The molecule has 3 nitrogen and oxygen atoms in total. The molecule has 100 valence electrons. The van der Waals surface area contributed by atoms with E-state index in [1.54, 1.807) is 6.07 Å². The molecule has 1 atom stereocenters. The molecule has 1 heterocycles. The van der Waals surface area contributed by atoms with E-state index in [1.165, 1.54) is 16.9 Å². The summed E-state index contributed by atoms with van der Waals surface area (Å²) < 4.78 is 0. The Kier molecular flexibility index (Phi) is 4.32. The third-order valence-electron chi connectivity index (χ3n) is 3.34. The highest BCUT2D eigenvalue weighted by atomic mass is 32.1. The molecule has 1 aliphatic carbocycles. The molecule has 0 radical (unpaired) electrons. The summed E-state index contributed by atoms with van der Waals surface area (Å²) in [5.74, 6) is 0.286. The number of carbonyl (C=O) groups excluding carboxylic acids is 1. The third kappa shape index (κ3) is 3.41. The molecule has 0 bridgehead atoms. The van der Waals surface area contributed by atoms with Crippen molar-refractivity contribution in [2.45, 2.75) is 26.7 Å². The quantitative estimate of drug-likeness (QED) is 0.661. The average molecular weight is 274 g/mol. The summed E-state index contributed by atoms with van der Waals surface area (Å²) >= 11 is 1.41. The molecule has 0 spiro atoms. The molecule has 0 unspecified atom stereocenters. The Balaban J connectivity index is 2.06. The lowest BCUT2D eigenvalue weighted by atomic mass is 9.85. The number of rotatable bonds is 3. The second-order valence-corrected chi connectivity index (χ2v) is 5.79. The van der Waals surface area contributed by atoms with Crippen LogP contribution >= 0.6 is 11.3 Å². The van der Waals surface area contributed by atoms with E-state index in [9.17, 15) is 4.79 Å². The highest BCUT2D eigenvalue weighted by Crippen LogP contribution is 2.26. The molecule has 1 aromatic rings. The molecule has 4 heteroatoms. The van der Waals surface area contributed by atoms with E-state index >= 15 is 0 Å². The number of nitrogens with zero attached hydrogens (tertiary/aromatic N) is 1. The van der Waals surface area contributed by atoms with E-state index in [2.05, 4.69) is 23.2 Å². The Hall–Kier alpha value is -1.68. The van der Waals surface area contributed by atoms with Crippen LogP contribution in [-0.4, -0.2) is 11.6 Å². The van der Waals surface area contributed by atoms with Gasteiger partial charge in [-0.25, -0.2) is 5.43 Å². The summed E-state index contributed by atoms with van der Waals surface area (Å²) in [6.45, 7) is 8.08. The summed E-state index contributed by atoms with van der Waals surface area (Å²) in [5, 5.41) is 6.15. The van der Waals surface area contributed by atoms with Crippen molar-refractivity contribution in [2.75, 3.05) is 0 Å². The van der Waals surface area contributed by atoms with Gasteiger partial charge in [0.1, 0.15) is 0 Å².